The van der Waals surface area contributed by atoms with Crippen molar-refractivity contribution in [2.75, 3.05) is 5.32 Å². The zero-order valence-corrected chi connectivity index (χ0v) is 17.9. The second-order valence-corrected chi connectivity index (χ2v) is 9.17. The molecule has 3 heterocycles. The smallest absolute Gasteiger partial charge is 0.272 e. The molecule has 3 aromatic rings. The van der Waals surface area contributed by atoms with Crippen molar-refractivity contribution in [1.29, 1.82) is 0 Å². The fraction of sp³-hybridized carbons (Fsp3) is 0.273. The van der Waals surface area contributed by atoms with E-state index in [2.05, 4.69) is 15.0 Å². The van der Waals surface area contributed by atoms with Crippen LogP contribution in [0.2, 0.25) is 0 Å². The van der Waals surface area contributed by atoms with Gasteiger partial charge < -0.3 is 9.88 Å². The minimum Gasteiger partial charge on any atom is -0.345 e. The molecule has 9 heteroatoms. The first-order valence-electron chi connectivity index (χ1n) is 9.79. The van der Waals surface area contributed by atoms with Crippen LogP contribution in [0, 0.1) is 11.6 Å². The third-order valence-corrected chi connectivity index (χ3v) is 6.85. The van der Waals surface area contributed by atoms with E-state index in [4.69, 9.17) is 0 Å². The van der Waals surface area contributed by atoms with Crippen molar-refractivity contribution in [2.45, 2.75) is 36.6 Å². The highest BCUT2D eigenvalue weighted by Gasteiger charge is 2.34. The number of carbonyl (C=O) groups is 1. The van der Waals surface area contributed by atoms with Gasteiger partial charge in [0.15, 0.2) is 11.6 Å². The van der Waals surface area contributed by atoms with Gasteiger partial charge in [0.25, 0.3) is 5.91 Å². The van der Waals surface area contributed by atoms with Crippen molar-refractivity contribution in [2.24, 2.45) is 7.05 Å². The second-order valence-electron chi connectivity index (χ2n) is 7.98. The Kier molecular flexibility index (Phi) is 5.72. The number of carbonyl (C=O) groups excluding carboxylic acids is 1. The van der Waals surface area contributed by atoms with Gasteiger partial charge in [0.1, 0.15) is 16.7 Å². The molecule has 2 N–H and O–H groups in total. The van der Waals surface area contributed by atoms with Crippen LogP contribution in [-0.4, -0.2) is 25.2 Å². The topological polar surface area (TPSA) is 76.0 Å². The van der Waals surface area contributed by atoms with Crippen LogP contribution in [0.4, 0.5) is 14.5 Å². The molecule has 1 aromatic carbocycles. The first-order chi connectivity index (χ1) is 14.8. The van der Waals surface area contributed by atoms with Crippen molar-refractivity contribution in [3.05, 3.63) is 77.4 Å². The van der Waals surface area contributed by atoms with Crippen molar-refractivity contribution in [3.8, 4) is 0 Å². The van der Waals surface area contributed by atoms with Crippen LogP contribution in [0.3, 0.4) is 0 Å². The van der Waals surface area contributed by atoms with Crippen LogP contribution >= 0.6 is 0 Å². The maximum absolute atomic E-state index is 13.5. The number of aryl methyl sites for hydroxylation is 1. The Morgan fingerprint density at radius 3 is 2.84 bits per heavy atom. The molecule has 0 saturated carbocycles. The Labute approximate surface area is 181 Å². The molecule has 2 unspecified atom stereocenters. The van der Waals surface area contributed by atoms with E-state index < -0.39 is 34.1 Å². The summed E-state index contributed by atoms with van der Waals surface area (Å²) >= 11 is 0. The summed E-state index contributed by atoms with van der Waals surface area (Å²) < 4.78 is 44.6. The maximum Gasteiger partial charge on any atom is 0.272 e. The lowest BCUT2D eigenvalue weighted by atomic mass is 9.88. The Hall–Kier alpha value is -2.91. The number of aromatic nitrogens is 2. The summed E-state index contributed by atoms with van der Waals surface area (Å²) in [4.78, 5) is 17.7. The van der Waals surface area contributed by atoms with Crippen molar-refractivity contribution < 1.29 is 17.8 Å². The van der Waals surface area contributed by atoms with Gasteiger partial charge in [-0.25, -0.2) is 17.7 Å². The lowest BCUT2D eigenvalue weighted by Crippen LogP contribution is -2.44. The zero-order chi connectivity index (χ0) is 22.2. The van der Waals surface area contributed by atoms with E-state index in [1.807, 2.05) is 19.1 Å². The highest BCUT2D eigenvalue weighted by molar-refractivity contribution is 7.83. The fourth-order valence-corrected chi connectivity index (χ4v) is 5.33. The number of amides is 1. The molecule has 2 atom stereocenters. The third-order valence-electron chi connectivity index (χ3n) is 5.42. The van der Waals surface area contributed by atoms with E-state index in [1.54, 1.807) is 30.2 Å². The molecular formula is C22H22F2N4O2S. The number of pyridine rings is 1. The van der Waals surface area contributed by atoms with Crippen LogP contribution in [0.15, 0.2) is 53.8 Å². The number of hydrogen-bond acceptors (Lipinski definition) is 3. The van der Waals surface area contributed by atoms with Gasteiger partial charge in [0.05, 0.1) is 4.90 Å². The normalized spacial score (nSPS) is 20.7. The number of anilines is 1. The van der Waals surface area contributed by atoms with E-state index in [9.17, 15) is 17.8 Å². The second kappa shape index (κ2) is 8.32. The highest BCUT2D eigenvalue weighted by Crippen LogP contribution is 2.31. The van der Waals surface area contributed by atoms with Gasteiger partial charge in [0, 0.05) is 48.5 Å². The molecule has 162 valence electrons. The molecule has 0 radical (unpaired) electrons. The molecular weight excluding hydrogens is 422 g/mol. The number of halogens is 2. The van der Waals surface area contributed by atoms with Gasteiger partial charge >= 0.3 is 0 Å². The molecule has 0 spiro atoms. The van der Waals surface area contributed by atoms with E-state index >= 15 is 0 Å². The Bertz CT molecular complexity index is 1170. The minimum absolute atomic E-state index is 0.146. The van der Waals surface area contributed by atoms with E-state index in [1.165, 1.54) is 6.07 Å². The number of rotatable bonds is 4. The number of hydrogen-bond donors (Lipinski definition) is 2. The van der Waals surface area contributed by atoms with Crippen LogP contribution < -0.4 is 10.0 Å². The molecule has 0 aliphatic carbocycles. The predicted molar refractivity (Wildman–Crippen MR) is 114 cm³/mol. The molecule has 0 bridgehead atoms. The van der Waals surface area contributed by atoms with Gasteiger partial charge in [-0.15, -0.1) is 0 Å². The number of fused-ring (bicyclic) bond motifs is 1. The van der Waals surface area contributed by atoms with E-state index in [0.717, 1.165) is 17.7 Å². The van der Waals surface area contributed by atoms with Gasteiger partial charge in [0.2, 0.25) is 0 Å². The SMILES string of the molecule is Cn1cc2c(c1C(=O)Nc1ccc(F)c(F)c1)CCC(C)(Cc1cccnc1)NS2=O. The molecule has 0 saturated heterocycles. The van der Waals surface area contributed by atoms with Crippen molar-refractivity contribution in [1.82, 2.24) is 14.3 Å². The lowest BCUT2D eigenvalue weighted by molar-refractivity contribution is 0.101. The Balaban J connectivity index is 1.60. The van der Waals surface area contributed by atoms with E-state index in [0.29, 0.717) is 35.4 Å². The molecule has 1 amide bonds. The van der Waals surface area contributed by atoms with Crippen LogP contribution in [0.1, 0.15) is 35.0 Å². The summed E-state index contributed by atoms with van der Waals surface area (Å²) in [5.41, 5.74) is 1.75. The highest BCUT2D eigenvalue weighted by atomic mass is 32.2. The molecule has 1 aliphatic heterocycles. The number of benzene rings is 1. The quantitative estimate of drug-likeness (QED) is 0.647. The van der Waals surface area contributed by atoms with Crippen molar-refractivity contribution >= 4 is 22.6 Å². The Morgan fingerprint density at radius 2 is 2.13 bits per heavy atom. The molecule has 6 nitrogen and oxygen atoms in total. The summed E-state index contributed by atoms with van der Waals surface area (Å²) in [5, 5.41) is 2.61. The maximum atomic E-state index is 13.5. The van der Waals surface area contributed by atoms with Gasteiger partial charge in [-0.05, 0) is 49.9 Å². The van der Waals surface area contributed by atoms with E-state index in [-0.39, 0.29) is 5.69 Å². The molecule has 4 rings (SSSR count). The van der Waals surface area contributed by atoms with Crippen LogP contribution in [0.5, 0.6) is 0 Å². The summed E-state index contributed by atoms with van der Waals surface area (Å²) in [6.45, 7) is 2.00. The van der Waals surface area contributed by atoms with Crippen LogP contribution in [0.25, 0.3) is 0 Å². The number of nitrogens with one attached hydrogen (secondary N) is 2. The number of nitrogens with zero attached hydrogens (tertiary/aromatic N) is 2. The summed E-state index contributed by atoms with van der Waals surface area (Å²) in [6.07, 6.45) is 6.99. The van der Waals surface area contributed by atoms with Crippen molar-refractivity contribution in [3.63, 3.8) is 0 Å². The standard InChI is InChI=1S/C22H22F2N4O2S/c1-22(11-14-4-3-9-25-12-14)8-7-16-19(31(30)27-22)13-28(2)20(16)21(29)26-15-5-6-17(23)18(24)10-15/h3-6,9-10,12-13,27H,7-8,11H2,1-2H3,(H,26,29). The zero-order valence-electron chi connectivity index (χ0n) is 17.1. The summed E-state index contributed by atoms with van der Waals surface area (Å²) in [6, 6.07) is 7.02. The third kappa shape index (κ3) is 4.42. The monoisotopic (exact) mass is 444 g/mol. The summed E-state index contributed by atoms with van der Waals surface area (Å²) in [7, 11) is 0.180. The average Bonchev–Trinajstić information content (AvgIpc) is 3.01. The average molecular weight is 445 g/mol. The molecule has 31 heavy (non-hydrogen) atoms. The largest absolute Gasteiger partial charge is 0.345 e. The first kappa shape index (κ1) is 21.3. The molecule has 0 fully saturated rings. The van der Waals surface area contributed by atoms with Crippen LogP contribution in [-0.2, 0) is 30.9 Å². The Morgan fingerprint density at radius 1 is 1.32 bits per heavy atom. The lowest BCUT2D eigenvalue weighted by Gasteiger charge is -2.28. The van der Waals surface area contributed by atoms with Gasteiger partial charge in [-0.2, -0.15) is 0 Å². The molecule has 2 aromatic heterocycles. The first-order valence-corrected chi connectivity index (χ1v) is 10.9. The van der Waals surface area contributed by atoms with Gasteiger partial charge in [-0.3, -0.25) is 9.78 Å². The molecule has 1 aliphatic rings. The fourth-order valence-electron chi connectivity index (χ4n) is 3.92. The van der Waals surface area contributed by atoms with Gasteiger partial charge in [-0.1, -0.05) is 6.07 Å². The summed E-state index contributed by atoms with van der Waals surface area (Å²) in [5.74, 6) is -2.50. The minimum atomic E-state index is -1.52. The predicted octanol–water partition coefficient (Wildman–Crippen LogP) is 3.51.